The molecule has 3 aromatic rings. The van der Waals surface area contributed by atoms with E-state index >= 15 is 0 Å². The van der Waals surface area contributed by atoms with Gasteiger partial charge in [0.2, 0.25) is 0 Å². The Bertz CT molecular complexity index is 1040. The van der Waals surface area contributed by atoms with Crippen LogP contribution in [0.4, 0.5) is 4.39 Å². The van der Waals surface area contributed by atoms with Crippen LogP contribution >= 0.6 is 0 Å². The van der Waals surface area contributed by atoms with Crippen LogP contribution in [0, 0.1) is 5.82 Å². The number of carbonyl (C=O) groups is 1. The molecular formula is C20H17FN2O3. The first-order chi connectivity index (χ1) is 12.6. The molecule has 0 spiro atoms. The van der Waals surface area contributed by atoms with Gasteiger partial charge in [0.25, 0.3) is 5.56 Å². The summed E-state index contributed by atoms with van der Waals surface area (Å²) in [6, 6.07) is 13.3. The number of carboxylic acids is 1. The van der Waals surface area contributed by atoms with Gasteiger partial charge in [0, 0.05) is 18.5 Å². The van der Waals surface area contributed by atoms with Crippen molar-refractivity contribution < 1.29 is 14.3 Å². The molecule has 1 heterocycles. The van der Waals surface area contributed by atoms with E-state index < -0.39 is 5.97 Å². The monoisotopic (exact) mass is 352 g/mol. The average molecular weight is 352 g/mol. The summed E-state index contributed by atoms with van der Waals surface area (Å²) in [6.07, 6.45) is 3.39. The summed E-state index contributed by atoms with van der Waals surface area (Å²) in [4.78, 5) is 28.0. The topological polar surface area (TPSA) is 72.2 Å². The highest BCUT2D eigenvalue weighted by Gasteiger charge is 2.10. The third-order valence-electron chi connectivity index (χ3n) is 3.98. The van der Waals surface area contributed by atoms with Crippen molar-refractivity contribution >= 4 is 29.0 Å². The normalized spacial score (nSPS) is 11.3. The lowest BCUT2D eigenvalue weighted by Crippen LogP contribution is -2.24. The third kappa shape index (κ3) is 3.85. The number of aliphatic carboxylic acids is 1. The number of fused-ring (bicyclic) bond motifs is 1. The second kappa shape index (κ2) is 7.74. The second-order valence-corrected chi connectivity index (χ2v) is 5.80. The van der Waals surface area contributed by atoms with E-state index in [0.29, 0.717) is 28.7 Å². The second-order valence-electron chi connectivity index (χ2n) is 5.80. The lowest BCUT2D eigenvalue weighted by molar-refractivity contribution is -0.137. The first-order valence-electron chi connectivity index (χ1n) is 8.20. The zero-order chi connectivity index (χ0) is 18.5. The summed E-state index contributed by atoms with van der Waals surface area (Å²) in [5.74, 6) is -0.929. The summed E-state index contributed by atoms with van der Waals surface area (Å²) in [7, 11) is 0. The minimum absolute atomic E-state index is 0.0459. The summed E-state index contributed by atoms with van der Waals surface area (Å²) < 4.78 is 15.2. The molecule has 1 aromatic heterocycles. The number of benzene rings is 2. The maximum atomic E-state index is 13.8. The van der Waals surface area contributed by atoms with Gasteiger partial charge >= 0.3 is 5.97 Å². The molecule has 5 nitrogen and oxygen atoms in total. The van der Waals surface area contributed by atoms with Crippen LogP contribution in [0.15, 0.2) is 53.3 Å². The van der Waals surface area contributed by atoms with Crippen molar-refractivity contribution in [2.75, 3.05) is 0 Å². The van der Waals surface area contributed by atoms with E-state index in [9.17, 15) is 14.0 Å². The molecule has 0 saturated carbocycles. The van der Waals surface area contributed by atoms with Crippen molar-refractivity contribution in [3.63, 3.8) is 0 Å². The highest BCUT2D eigenvalue weighted by molar-refractivity contribution is 5.79. The van der Waals surface area contributed by atoms with Crippen molar-refractivity contribution in [2.24, 2.45) is 0 Å². The Balaban J connectivity index is 2.05. The number of rotatable bonds is 6. The number of nitrogens with zero attached hydrogens (tertiary/aromatic N) is 2. The Hall–Kier alpha value is -3.28. The van der Waals surface area contributed by atoms with Crippen LogP contribution in [0.25, 0.3) is 23.1 Å². The standard InChI is InChI=1S/C20H17FN2O3/c21-16-8-3-1-6-14(16)11-12-18-22-17-9-4-2-7-15(17)20(26)23(18)13-5-10-19(24)25/h1-4,6-9,11-12H,5,10,13H2,(H,24,25)/b12-11-. The summed E-state index contributed by atoms with van der Waals surface area (Å²) in [5, 5.41) is 9.29. The molecule has 26 heavy (non-hydrogen) atoms. The van der Waals surface area contributed by atoms with Gasteiger partial charge in [-0.3, -0.25) is 14.2 Å². The predicted octanol–water partition coefficient (Wildman–Crippen LogP) is 3.57. The Morgan fingerprint density at radius 3 is 2.62 bits per heavy atom. The first kappa shape index (κ1) is 17.5. The summed E-state index contributed by atoms with van der Waals surface area (Å²) in [5.41, 5.74) is 0.682. The molecule has 0 bridgehead atoms. The van der Waals surface area contributed by atoms with Crippen LogP contribution in [0.3, 0.4) is 0 Å². The van der Waals surface area contributed by atoms with Gasteiger partial charge in [0.15, 0.2) is 0 Å². The van der Waals surface area contributed by atoms with Gasteiger partial charge in [-0.2, -0.15) is 0 Å². The Labute approximate surface area is 149 Å². The average Bonchev–Trinajstić information content (AvgIpc) is 2.63. The van der Waals surface area contributed by atoms with Gasteiger partial charge in [-0.1, -0.05) is 30.3 Å². The van der Waals surface area contributed by atoms with Crippen molar-refractivity contribution in [2.45, 2.75) is 19.4 Å². The van der Waals surface area contributed by atoms with Crippen LogP contribution in [-0.2, 0) is 11.3 Å². The number of halogens is 1. The minimum Gasteiger partial charge on any atom is -0.481 e. The molecule has 0 atom stereocenters. The van der Waals surface area contributed by atoms with E-state index in [0.717, 1.165) is 0 Å². The fourth-order valence-corrected chi connectivity index (χ4v) is 2.69. The molecule has 0 aliphatic heterocycles. The predicted molar refractivity (Wildman–Crippen MR) is 98.2 cm³/mol. The molecule has 0 aliphatic rings. The van der Waals surface area contributed by atoms with Crippen LogP contribution in [-0.4, -0.2) is 20.6 Å². The molecule has 0 amide bonds. The molecule has 2 aromatic carbocycles. The van der Waals surface area contributed by atoms with Crippen LogP contribution in [0.1, 0.15) is 24.2 Å². The van der Waals surface area contributed by atoms with Gasteiger partial charge in [0.1, 0.15) is 11.6 Å². The fourth-order valence-electron chi connectivity index (χ4n) is 2.69. The zero-order valence-corrected chi connectivity index (χ0v) is 13.9. The van der Waals surface area contributed by atoms with E-state index in [2.05, 4.69) is 4.98 Å². The molecule has 0 fully saturated rings. The van der Waals surface area contributed by atoms with Crippen molar-refractivity contribution in [1.29, 1.82) is 0 Å². The minimum atomic E-state index is -0.921. The smallest absolute Gasteiger partial charge is 0.303 e. The largest absolute Gasteiger partial charge is 0.481 e. The van der Waals surface area contributed by atoms with Crippen LogP contribution in [0.2, 0.25) is 0 Å². The van der Waals surface area contributed by atoms with Crippen molar-refractivity contribution in [1.82, 2.24) is 9.55 Å². The van der Waals surface area contributed by atoms with E-state index in [1.165, 1.54) is 10.6 Å². The Morgan fingerprint density at radius 2 is 1.85 bits per heavy atom. The van der Waals surface area contributed by atoms with Gasteiger partial charge in [-0.15, -0.1) is 0 Å². The van der Waals surface area contributed by atoms with Crippen LogP contribution in [0.5, 0.6) is 0 Å². The van der Waals surface area contributed by atoms with Gasteiger partial charge in [-0.25, -0.2) is 9.37 Å². The van der Waals surface area contributed by atoms with Gasteiger partial charge in [-0.05, 0) is 36.8 Å². The number of hydrogen-bond donors (Lipinski definition) is 1. The maximum Gasteiger partial charge on any atom is 0.303 e. The number of aromatic nitrogens is 2. The van der Waals surface area contributed by atoms with E-state index in [1.807, 2.05) is 0 Å². The highest BCUT2D eigenvalue weighted by Crippen LogP contribution is 2.13. The third-order valence-corrected chi connectivity index (χ3v) is 3.98. The maximum absolute atomic E-state index is 13.8. The molecule has 1 N–H and O–H groups in total. The lowest BCUT2D eigenvalue weighted by Gasteiger charge is -2.10. The molecule has 132 valence electrons. The lowest BCUT2D eigenvalue weighted by atomic mass is 10.2. The molecule has 6 heteroatoms. The molecule has 0 radical (unpaired) electrons. The fraction of sp³-hybridized carbons (Fsp3) is 0.150. The zero-order valence-electron chi connectivity index (χ0n) is 13.9. The van der Waals surface area contributed by atoms with Crippen LogP contribution < -0.4 is 5.56 Å². The summed E-state index contributed by atoms with van der Waals surface area (Å²) in [6.45, 7) is 0.222. The first-order valence-corrected chi connectivity index (χ1v) is 8.20. The van der Waals surface area contributed by atoms with E-state index in [1.54, 1.807) is 54.6 Å². The summed E-state index contributed by atoms with van der Waals surface area (Å²) >= 11 is 0. The Kier molecular flexibility index (Phi) is 5.22. The molecule has 0 aliphatic carbocycles. The van der Waals surface area contributed by atoms with Gasteiger partial charge in [0.05, 0.1) is 10.9 Å². The van der Waals surface area contributed by atoms with E-state index in [4.69, 9.17) is 5.11 Å². The quantitative estimate of drug-likeness (QED) is 0.736. The molecule has 0 unspecified atom stereocenters. The molecular weight excluding hydrogens is 335 g/mol. The van der Waals surface area contributed by atoms with Gasteiger partial charge < -0.3 is 5.11 Å². The number of para-hydroxylation sites is 1. The van der Waals surface area contributed by atoms with Crippen molar-refractivity contribution in [3.8, 4) is 0 Å². The number of hydrogen-bond acceptors (Lipinski definition) is 3. The number of carboxylic acid groups (broad SMARTS) is 1. The van der Waals surface area contributed by atoms with Crippen molar-refractivity contribution in [3.05, 3.63) is 76.1 Å². The molecule has 0 saturated heterocycles. The highest BCUT2D eigenvalue weighted by atomic mass is 19.1. The van der Waals surface area contributed by atoms with E-state index in [-0.39, 0.29) is 24.3 Å². The Morgan fingerprint density at radius 1 is 1.12 bits per heavy atom. The SMILES string of the molecule is O=C(O)CCCn1c(/C=C\c2ccccc2F)nc2ccccc2c1=O. The molecule has 3 rings (SSSR count).